The minimum atomic E-state index is -2.64. The molecular weight excluding hydrogens is 1470 g/mol. The van der Waals surface area contributed by atoms with Crippen LogP contribution in [0.2, 0.25) is 0 Å². The molecule has 2 aliphatic rings. The van der Waals surface area contributed by atoms with E-state index in [0.29, 0.717) is 47.5 Å². The summed E-state index contributed by atoms with van der Waals surface area (Å²) in [5.41, 5.74) is -3.59. The summed E-state index contributed by atoms with van der Waals surface area (Å²) in [7, 11) is 0. The fourth-order valence-corrected chi connectivity index (χ4v) is 13.3. The van der Waals surface area contributed by atoms with E-state index in [1.165, 1.54) is 78.1 Å². The SMILES string of the molecule is CC(=O)N[C@H]1[C@H]([C@H](O)[C@H](O)CNC(=O)c2ccc(-c3ccc([N+](=O)[O-])cc3[N+](=O)[O-])cc2)O[C@](C=O)(OCCCSCCNC(=O)c2ccc(C(=O)CCCSCCCO[C@]3(C(=O)O)C[C@H](O)[C@@H](NC(C)=O)[C@H]([C@H](O)[C@H](O)CNC(=O)c4ccc(-c5ccc([N+](=O)[O-])cc5[N+](=O)[O-])c([N+](=O)[O-])c4)O3)cc2)C[C@@H]1O. The number of carboxylic acids is 1. The van der Waals surface area contributed by atoms with Crippen molar-refractivity contribution >= 4 is 99.5 Å². The Hall–Kier alpha value is -10.4. The lowest BCUT2D eigenvalue weighted by atomic mass is 9.88. The molecule has 41 heteroatoms. The number of benzene rings is 5. The first-order chi connectivity index (χ1) is 51.2. The molecule has 2 saturated heterocycles. The number of amides is 5. The van der Waals surface area contributed by atoms with Crippen LogP contribution in [-0.2, 0) is 38.1 Å². The number of aldehydes is 1. The Bertz CT molecular complexity index is 4160. The second-order valence-corrected chi connectivity index (χ2v) is 27.1. The molecule has 108 heavy (non-hydrogen) atoms. The van der Waals surface area contributed by atoms with E-state index in [2.05, 4.69) is 26.6 Å². The number of carbonyl (C=O) groups excluding carboxylic acids is 7. The maximum atomic E-state index is 13.3. The molecule has 2 fully saturated rings. The molecule has 0 spiro atoms. The largest absolute Gasteiger partial charge is 0.477 e. The van der Waals surface area contributed by atoms with Crippen LogP contribution in [0.3, 0.4) is 0 Å². The zero-order valence-corrected chi connectivity index (χ0v) is 59.1. The third-order valence-electron chi connectivity index (χ3n) is 17.0. The Morgan fingerprint density at radius 1 is 0.537 bits per heavy atom. The zero-order chi connectivity index (χ0) is 79.3. The van der Waals surface area contributed by atoms with Crippen molar-refractivity contribution in [3.05, 3.63) is 176 Å². The molecule has 5 amide bonds. The highest BCUT2D eigenvalue weighted by molar-refractivity contribution is 7.99. The highest BCUT2D eigenvalue weighted by atomic mass is 32.2. The van der Waals surface area contributed by atoms with Gasteiger partial charge >= 0.3 is 5.97 Å². The maximum absolute atomic E-state index is 13.3. The van der Waals surface area contributed by atoms with Gasteiger partial charge in [0.2, 0.25) is 17.6 Å². The number of hydrogen-bond acceptors (Lipinski definition) is 30. The number of ether oxygens (including phenoxy) is 4. The van der Waals surface area contributed by atoms with Gasteiger partial charge in [0.1, 0.15) is 24.4 Å². The van der Waals surface area contributed by atoms with E-state index in [9.17, 15) is 125 Å². The number of nitrogens with one attached hydrogen (secondary N) is 5. The van der Waals surface area contributed by atoms with Crippen LogP contribution in [-0.4, -0.2) is 236 Å². The van der Waals surface area contributed by atoms with Crippen molar-refractivity contribution < 1.29 is 118 Å². The maximum Gasteiger partial charge on any atom is 0.364 e. The number of nitro benzene ring substituents is 5. The number of ketones is 1. The smallest absolute Gasteiger partial charge is 0.364 e. The molecule has 5 aromatic rings. The summed E-state index contributed by atoms with van der Waals surface area (Å²) in [6, 6.07) is 16.7. The van der Waals surface area contributed by atoms with Crippen molar-refractivity contribution in [2.75, 3.05) is 55.9 Å². The molecule has 0 bridgehead atoms. The second-order valence-electron chi connectivity index (χ2n) is 24.7. The topological polar surface area (TPSA) is 591 Å². The minimum absolute atomic E-state index is 0.0163. The Labute approximate surface area is 620 Å². The van der Waals surface area contributed by atoms with Crippen molar-refractivity contribution in [2.45, 2.75) is 125 Å². The summed E-state index contributed by atoms with van der Waals surface area (Å²) >= 11 is 2.82. The zero-order valence-electron chi connectivity index (χ0n) is 57.4. The quantitative estimate of drug-likeness (QED) is 0.00882. The standard InChI is InChI=1S/C67H76N10O29S2/c1-36(79)71-56-52(82)31-66(35-78,105-60(56)58(86)54(84)33-69-63(89)41-11-7-38(8-12-41)45-19-16-43(73(93)94)29-49(45)76(99)100)103-22-4-26-108-27-21-68-62(88)40-13-9-39(10-14-40)51(81)6-3-24-107-25-5-23-104-67(65(91)92)32-53(83)57(72-37(2)80)61(106-67)59(87)55(85)34-70-64(90)42-15-18-46(48(28-42)75(97)98)47-20-17-44(74(95)96)30-50(47)77(101)102/h7-20,28-30,35,52-61,82-87H,3-6,21-27,31-34H2,1-2H3,(H,68,88)(H,69,89)(H,70,90)(H,71,79)(H,72,80)(H,91,92)/t52-,53-,54+,55+,56+,57+,58+,59+,60+,61+,66+,67+/m0/s1. The molecular formula is C67H76N10O29S2. The van der Waals surface area contributed by atoms with E-state index in [4.69, 9.17) is 18.9 Å². The lowest BCUT2D eigenvalue weighted by Crippen LogP contribution is -2.68. The third-order valence-corrected chi connectivity index (χ3v) is 19.3. The van der Waals surface area contributed by atoms with Gasteiger partial charge in [-0.05, 0) is 90.6 Å². The number of hydrogen-bond donors (Lipinski definition) is 12. The number of aliphatic hydroxyl groups excluding tert-OH is 6. The monoisotopic (exact) mass is 1550 g/mol. The second kappa shape index (κ2) is 38.9. The molecule has 2 aliphatic heterocycles. The number of nitrogens with zero attached hydrogens (tertiary/aromatic N) is 5. The number of aliphatic carboxylic acids is 1. The third kappa shape index (κ3) is 22.3. The Morgan fingerprint density at radius 2 is 0.963 bits per heavy atom. The molecule has 0 saturated carbocycles. The number of carboxylic acid groups (broad SMARTS) is 1. The molecule has 2 heterocycles. The Kier molecular flexibility index (Phi) is 30.5. The van der Waals surface area contributed by atoms with Crippen molar-refractivity contribution in [2.24, 2.45) is 0 Å². The van der Waals surface area contributed by atoms with E-state index in [1.54, 1.807) is 0 Å². The van der Waals surface area contributed by atoms with E-state index in [-0.39, 0.29) is 78.1 Å². The highest BCUT2D eigenvalue weighted by Gasteiger charge is 2.56. The summed E-state index contributed by atoms with van der Waals surface area (Å²) in [6.45, 7) is 0.561. The Morgan fingerprint density at radius 3 is 1.47 bits per heavy atom. The molecule has 39 nitrogen and oxygen atoms in total. The van der Waals surface area contributed by atoms with Crippen LogP contribution in [0, 0.1) is 50.6 Å². The summed E-state index contributed by atoms with van der Waals surface area (Å²) in [5.74, 6) is -8.65. The van der Waals surface area contributed by atoms with Gasteiger partial charge in [-0.15, -0.1) is 0 Å². The van der Waals surface area contributed by atoms with Crippen LogP contribution in [0.25, 0.3) is 22.3 Å². The van der Waals surface area contributed by atoms with Crippen LogP contribution in [0.1, 0.15) is 93.8 Å². The molecule has 0 unspecified atom stereocenters. The number of Topliss-reactive ketones (excluding diaryl/α,β-unsaturated/α-hetero) is 1. The van der Waals surface area contributed by atoms with Crippen molar-refractivity contribution in [1.29, 1.82) is 0 Å². The highest BCUT2D eigenvalue weighted by Crippen LogP contribution is 2.40. The number of thioether (sulfide) groups is 2. The van der Waals surface area contributed by atoms with Crippen molar-refractivity contribution in [3.63, 3.8) is 0 Å². The average molecular weight is 1550 g/mol. The van der Waals surface area contributed by atoms with E-state index in [1.807, 2.05) is 0 Å². The van der Waals surface area contributed by atoms with Gasteiger partial charge in [0, 0.05) is 98.9 Å². The average Bonchev–Trinajstić information content (AvgIpc) is 0.780. The van der Waals surface area contributed by atoms with Gasteiger partial charge in [-0.25, -0.2) is 4.79 Å². The number of aliphatic hydroxyl groups is 6. The fourth-order valence-electron chi connectivity index (χ4n) is 11.6. The van der Waals surface area contributed by atoms with E-state index < -0.39 is 193 Å². The van der Waals surface area contributed by atoms with Gasteiger partial charge < -0.3 is 81.3 Å². The first-order valence-electron chi connectivity index (χ1n) is 33.0. The summed E-state index contributed by atoms with van der Waals surface area (Å²) in [5, 5.41) is 148. The van der Waals surface area contributed by atoms with E-state index >= 15 is 0 Å². The van der Waals surface area contributed by atoms with Crippen LogP contribution in [0.15, 0.2) is 103 Å². The molecule has 0 radical (unpaired) electrons. The first-order valence-corrected chi connectivity index (χ1v) is 35.4. The molecule has 0 aliphatic carbocycles. The van der Waals surface area contributed by atoms with Crippen LogP contribution < -0.4 is 26.6 Å². The predicted octanol–water partition coefficient (Wildman–Crippen LogP) is 2.82. The van der Waals surface area contributed by atoms with Gasteiger partial charge in [-0.2, -0.15) is 23.5 Å². The van der Waals surface area contributed by atoms with Gasteiger partial charge in [0.25, 0.3) is 51.9 Å². The number of carbonyl (C=O) groups is 8. The van der Waals surface area contributed by atoms with Gasteiger partial charge in [-0.1, -0.05) is 24.3 Å². The molecule has 12 atom stereocenters. The fraction of sp³-hybridized carbons (Fsp3) is 0.433. The first kappa shape index (κ1) is 84.8. The Balaban J connectivity index is 0.794. The normalized spacial score (nSPS) is 20.8. The summed E-state index contributed by atoms with van der Waals surface area (Å²) < 4.78 is 23.2. The minimum Gasteiger partial charge on any atom is -0.477 e. The lowest BCUT2D eigenvalue weighted by Gasteiger charge is -2.46. The van der Waals surface area contributed by atoms with Gasteiger partial charge in [-0.3, -0.25) is 84.1 Å². The molecule has 580 valence electrons. The molecule has 7 rings (SSSR count). The van der Waals surface area contributed by atoms with Crippen molar-refractivity contribution in [3.8, 4) is 22.3 Å². The molecule has 12 N–H and O–H groups in total. The lowest BCUT2D eigenvalue weighted by molar-refractivity contribution is -0.394. The van der Waals surface area contributed by atoms with Crippen LogP contribution in [0.5, 0.6) is 0 Å². The number of non-ortho nitro benzene ring substituents is 2. The van der Waals surface area contributed by atoms with Gasteiger partial charge in [0.05, 0.1) is 103 Å². The van der Waals surface area contributed by atoms with E-state index in [0.717, 1.165) is 56.3 Å². The number of rotatable bonds is 40. The molecule has 0 aromatic heterocycles. The van der Waals surface area contributed by atoms with Crippen LogP contribution in [0.4, 0.5) is 28.4 Å². The molecule has 5 aromatic carbocycles. The van der Waals surface area contributed by atoms with Crippen molar-refractivity contribution in [1.82, 2.24) is 26.6 Å². The number of nitro groups is 5. The summed E-state index contributed by atoms with van der Waals surface area (Å²) in [6.07, 6.45) is -14.7. The predicted molar refractivity (Wildman–Crippen MR) is 379 cm³/mol. The van der Waals surface area contributed by atoms with Crippen LogP contribution >= 0.6 is 23.5 Å². The van der Waals surface area contributed by atoms with Gasteiger partial charge in [0.15, 0.2) is 12.1 Å². The summed E-state index contributed by atoms with van der Waals surface area (Å²) in [4.78, 5) is 156.